The molecule has 2 N–H and O–H groups in total. The van der Waals surface area contributed by atoms with Gasteiger partial charge in [-0.25, -0.2) is 4.79 Å². The van der Waals surface area contributed by atoms with Crippen molar-refractivity contribution in [2.75, 3.05) is 12.4 Å². The Hall–Kier alpha value is -2.53. The number of anilines is 1. The van der Waals surface area contributed by atoms with Crippen molar-refractivity contribution in [3.8, 4) is 0 Å². The van der Waals surface area contributed by atoms with Gasteiger partial charge in [0.1, 0.15) is 7.11 Å². The molecule has 0 aliphatic heterocycles. The Labute approximate surface area is 153 Å². The average Bonchev–Trinajstić information content (AvgIpc) is 2.57. The van der Waals surface area contributed by atoms with Crippen LogP contribution in [0.3, 0.4) is 0 Å². The highest BCUT2D eigenvalue weighted by atomic mass is 35.5. The molecule has 0 atom stereocenters. The van der Waals surface area contributed by atoms with Crippen LogP contribution in [0.2, 0.25) is 5.02 Å². The van der Waals surface area contributed by atoms with E-state index in [1.807, 2.05) is 45.0 Å². The fraction of sp³-hybridized carbons (Fsp3) is 0.263. The van der Waals surface area contributed by atoms with Crippen LogP contribution in [0.1, 0.15) is 31.9 Å². The van der Waals surface area contributed by atoms with Gasteiger partial charge in [0.2, 0.25) is 0 Å². The minimum atomic E-state index is -0.570. The highest BCUT2D eigenvalue weighted by Gasteiger charge is 2.23. The van der Waals surface area contributed by atoms with Crippen LogP contribution in [-0.4, -0.2) is 18.9 Å². The van der Waals surface area contributed by atoms with Crippen LogP contribution < -0.4 is 10.6 Å². The van der Waals surface area contributed by atoms with Gasteiger partial charge < -0.3 is 15.5 Å². The van der Waals surface area contributed by atoms with Gasteiger partial charge in [-0.15, -0.1) is 0 Å². The zero-order valence-electron chi connectivity index (χ0n) is 14.8. The molecule has 0 radical (unpaired) electrons. The lowest BCUT2D eigenvalue weighted by atomic mass is 9.92. The highest BCUT2D eigenvalue weighted by Crippen LogP contribution is 2.22. The molecule has 0 heterocycles. The van der Waals surface area contributed by atoms with Gasteiger partial charge in [-0.1, -0.05) is 35.0 Å². The van der Waals surface area contributed by atoms with Gasteiger partial charge in [-0.05, 0) is 62.2 Å². The van der Waals surface area contributed by atoms with Crippen molar-refractivity contribution in [2.24, 2.45) is 5.16 Å². The molecule has 2 aromatic carbocycles. The summed E-state index contributed by atoms with van der Waals surface area (Å²) < 4.78 is 0. The van der Waals surface area contributed by atoms with Crippen LogP contribution in [0.15, 0.2) is 53.7 Å². The number of urea groups is 1. The number of nitrogens with zero attached hydrogens (tertiary/aromatic N) is 1. The molecule has 0 aromatic heterocycles. The number of hydrogen-bond donors (Lipinski definition) is 2. The summed E-state index contributed by atoms with van der Waals surface area (Å²) in [6.07, 6.45) is 0. The van der Waals surface area contributed by atoms with Gasteiger partial charge in [0.05, 0.1) is 11.3 Å². The molecule has 0 aliphatic rings. The van der Waals surface area contributed by atoms with Crippen LogP contribution in [0.25, 0.3) is 0 Å². The minimum Gasteiger partial charge on any atom is -0.399 e. The summed E-state index contributed by atoms with van der Waals surface area (Å²) in [5.41, 5.74) is 2.77. The van der Waals surface area contributed by atoms with Gasteiger partial charge in [0.15, 0.2) is 0 Å². The molecule has 2 rings (SSSR count). The Bertz CT molecular complexity index is 770. The zero-order valence-corrected chi connectivity index (χ0v) is 15.5. The standard InChI is InChI=1S/C19H22ClN3O2/c1-13(23-25-4)14-6-5-7-15(12-14)19(2,3)22-18(24)21-17-10-8-16(20)9-11-17/h5-12H,1-4H3,(H2,21,22,24)/b23-13+. The Morgan fingerprint density at radius 1 is 1.16 bits per heavy atom. The second-order valence-electron chi connectivity index (χ2n) is 6.15. The van der Waals surface area contributed by atoms with Crippen molar-refractivity contribution in [1.82, 2.24) is 5.32 Å². The summed E-state index contributed by atoms with van der Waals surface area (Å²) in [5.74, 6) is 0. The first-order valence-corrected chi connectivity index (χ1v) is 8.23. The average molecular weight is 360 g/mol. The highest BCUT2D eigenvalue weighted by molar-refractivity contribution is 6.30. The molecule has 25 heavy (non-hydrogen) atoms. The number of rotatable bonds is 5. The van der Waals surface area contributed by atoms with Crippen molar-refractivity contribution >= 4 is 29.0 Å². The maximum Gasteiger partial charge on any atom is 0.319 e. The maximum atomic E-state index is 12.3. The quantitative estimate of drug-likeness (QED) is 0.596. The van der Waals surface area contributed by atoms with E-state index in [1.54, 1.807) is 24.3 Å². The largest absolute Gasteiger partial charge is 0.399 e. The van der Waals surface area contributed by atoms with Crippen LogP contribution in [-0.2, 0) is 10.4 Å². The molecule has 0 bridgehead atoms. The molecular formula is C19H22ClN3O2. The molecular weight excluding hydrogens is 338 g/mol. The van der Waals surface area contributed by atoms with Gasteiger partial charge in [0, 0.05) is 10.7 Å². The SMILES string of the molecule is CO/N=C(\C)c1cccc(C(C)(C)NC(=O)Nc2ccc(Cl)cc2)c1. The summed E-state index contributed by atoms with van der Waals surface area (Å²) in [6.45, 7) is 5.75. The van der Waals surface area contributed by atoms with E-state index in [1.165, 1.54) is 7.11 Å². The lowest BCUT2D eigenvalue weighted by molar-refractivity contribution is 0.213. The van der Waals surface area contributed by atoms with Gasteiger partial charge >= 0.3 is 6.03 Å². The third-order valence-corrected chi connectivity index (χ3v) is 4.01. The van der Waals surface area contributed by atoms with Gasteiger partial charge in [-0.3, -0.25) is 0 Å². The molecule has 0 fully saturated rings. The van der Waals surface area contributed by atoms with Crippen molar-refractivity contribution in [1.29, 1.82) is 0 Å². The number of carbonyl (C=O) groups excluding carboxylic acids is 1. The van der Waals surface area contributed by atoms with E-state index in [0.717, 1.165) is 16.8 Å². The predicted molar refractivity (Wildman–Crippen MR) is 102 cm³/mol. The number of carbonyl (C=O) groups is 1. The third-order valence-electron chi connectivity index (χ3n) is 3.76. The van der Waals surface area contributed by atoms with Crippen LogP contribution in [0.5, 0.6) is 0 Å². The molecule has 2 aromatic rings. The van der Waals surface area contributed by atoms with E-state index in [0.29, 0.717) is 10.7 Å². The smallest absolute Gasteiger partial charge is 0.319 e. The Kier molecular flexibility index (Phi) is 6.04. The van der Waals surface area contributed by atoms with Crippen molar-refractivity contribution in [3.63, 3.8) is 0 Å². The fourth-order valence-corrected chi connectivity index (χ4v) is 2.50. The summed E-state index contributed by atoms with van der Waals surface area (Å²) in [7, 11) is 1.51. The Balaban J connectivity index is 2.12. The summed E-state index contributed by atoms with van der Waals surface area (Å²) >= 11 is 5.85. The Morgan fingerprint density at radius 3 is 2.48 bits per heavy atom. The van der Waals surface area contributed by atoms with E-state index in [-0.39, 0.29) is 6.03 Å². The number of benzene rings is 2. The van der Waals surface area contributed by atoms with Crippen LogP contribution in [0.4, 0.5) is 10.5 Å². The summed E-state index contributed by atoms with van der Waals surface area (Å²) in [4.78, 5) is 17.1. The van der Waals surface area contributed by atoms with Crippen molar-refractivity contribution in [3.05, 3.63) is 64.7 Å². The molecule has 0 aliphatic carbocycles. The first-order valence-electron chi connectivity index (χ1n) is 7.85. The minimum absolute atomic E-state index is 0.292. The molecule has 0 spiro atoms. The van der Waals surface area contributed by atoms with E-state index in [2.05, 4.69) is 15.8 Å². The van der Waals surface area contributed by atoms with E-state index >= 15 is 0 Å². The van der Waals surface area contributed by atoms with Gasteiger partial charge in [0.25, 0.3) is 0 Å². The maximum absolute atomic E-state index is 12.3. The predicted octanol–water partition coefficient (Wildman–Crippen LogP) is 4.77. The fourth-order valence-electron chi connectivity index (χ4n) is 2.37. The zero-order chi connectivity index (χ0) is 18.4. The lowest BCUT2D eigenvalue weighted by Gasteiger charge is -2.27. The monoisotopic (exact) mass is 359 g/mol. The van der Waals surface area contributed by atoms with Crippen molar-refractivity contribution in [2.45, 2.75) is 26.3 Å². The van der Waals surface area contributed by atoms with E-state index in [9.17, 15) is 4.79 Å². The molecule has 2 amide bonds. The second-order valence-corrected chi connectivity index (χ2v) is 6.59. The molecule has 0 saturated carbocycles. The summed E-state index contributed by atoms with van der Waals surface area (Å²) in [6, 6.07) is 14.5. The summed E-state index contributed by atoms with van der Waals surface area (Å²) in [5, 5.41) is 10.3. The van der Waals surface area contributed by atoms with Crippen LogP contribution >= 0.6 is 11.6 Å². The molecule has 0 unspecified atom stereocenters. The van der Waals surface area contributed by atoms with Crippen LogP contribution in [0, 0.1) is 0 Å². The molecule has 5 nitrogen and oxygen atoms in total. The number of hydrogen-bond acceptors (Lipinski definition) is 3. The first kappa shape index (κ1) is 18.8. The lowest BCUT2D eigenvalue weighted by Crippen LogP contribution is -2.43. The Morgan fingerprint density at radius 2 is 1.84 bits per heavy atom. The van der Waals surface area contributed by atoms with E-state index < -0.39 is 5.54 Å². The number of halogens is 1. The van der Waals surface area contributed by atoms with Gasteiger partial charge in [-0.2, -0.15) is 0 Å². The van der Waals surface area contributed by atoms with Crippen molar-refractivity contribution < 1.29 is 9.63 Å². The third kappa shape index (κ3) is 5.22. The number of nitrogens with one attached hydrogen (secondary N) is 2. The van der Waals surface area contributed by atoms with E-state index in [4.69, 9.17) is 16.4 Å². The normalized spacial score (nSPS) is 11.8. The first-order chi connectivity index (χ1) is 11.8. The molecule has 6 heteroatoms. The molecule has 0 saturated heterocycles. The number of amides is 2. The topological polar surface area (TPSA) is 62.7 Å². The molecule has 132 valence electrons. The number of oxime groups is 1. The second kappa shape index (κ2) is 8.03.